The number of methoxy groups -OCH3 is 3. The summed E-state index contributed by atoms with van der Waals surface area (Å²) in [5, 5.41) is 8.56. The second kappa shape index (κ2) is 6.54. The number of hydrogen-bond acceptors (Lipinski definition) is 4. The van der Waals surface area contributed by atoms with E-state index in [1.165, 1.54) is 6.08 Å². The first-order valence-corrected chi connectivity index (χ1v) is 5.30. The van der Waals surface area contributed by atoms with Crippen molar-refractivity contribution in [3.63, 3.8) is 0 Å². The van der Waals surface area contributed by atoms with E-state index in [9.17, 15) is 4.79 Å². The largest absolute Gasteiger partial charge is 0.496 e. The van der Waals surface area contributed by atoms with Crippen LogP contribution in [0, 0.1) is 0 Å². The normalized spacial score (nSPS) is 10.4. The number of benzene rings is 1. The minimum Gasteiger partial charge on any atom is -0.496 e. The Morgan fingerprint density at radius 1 is 1.17 bits per heavy atom. The van der Waals surface area contributed by atoms with Gasteiger partial charge < -0.3 is 19.3 Å². The average Bonchev–Trinajstić information content (AvgIpc) is 2.37. The highest BCUT2D eigenvalue weighted by molar-refractivity contribution is 5.79. The van der Waals surface area contributed by atoms with Gasteiger partial charge in [0.2, 0.25) is 0 Å². The second-order valence-corrected chi connectivity index (χ2v) is 3.46. The third-order valence-electron chi connectivity index (χ3n) is 2.40. The summed E-state index contributed by atoms with van der Waals surface area (Å²) in [5.41, 5.74) is 0.776. The van der Waals surface area contributed by atoms with Crippen LogP contribution in [0.4, 0.5) is 0 Å². The highest BCUT2D eigenvalue weighted by Gasteiger charge is 2.11. The summed E-state index contributed by atoms with van der Waals surface area (Å²) >= 11 is 0. The summed E-state index contributed by atoms with van der Waals surface area (Å²) < 4.78 is 15.6. The molecule has 0 aliphatic carbocycles. The summed E-state index contributed by atoms with van der Waals surface area (Å²) in [5.74, 6) is 0.832. The molecule has 0 atom stereocenters. The Kier molecular flexibility index (Phi) is 5.05. The van der Waals surface area contributed by atoms with E-state index in [0.717, 1.165) is 11.6 Å². The van der Waals surface area contributed by atoms with Crippen molar-refractivity contribution in [2.75, 3.05) is 21.3 Å². The van der Waals surface area contributed by atoms with Gasteiger partial charge in [0.15, 0.2) is 0 Å². The van der Waals surface area contributed by atoms with E-state index < -0.39 is 5.97 Å². The van der Waals surface area contributed by atoms with E-state index in [4.69, 9.17) is 19.3 Å². The van der Waals surface area contributed by atoms with Crippen molar-refractivity contribution in [2.45, 2.75) is 6.42 Å². The second-order valence-electron chi connectivity index (χ2n) is 3.46. The van der Waals surface area contributed by atoms with Crippen LogP contribution in [-0.2, 0) is 11.2 Å². The number of carboxylic acids is 1. The van der Waals surface area contributed by atoms with Crippen molar-refractivity contribution in [2.24, 2.45) is 0 Å². The zero-order chi connectivity index (χ0) is 13.5. The van der Waals surface area contributed by atoms with Gasteiger partial charge in [-0.2, -0.15) is 0 Å². The quantitative estimate of drug-likeness (QED) is 0.783. The highest BCUT2D eigenvalue weighted by Crippen LogP contribution is 2.34. The van der Waals surface area contributed by atoms with Gasteiger partial charge >= 0.3 is 5.97 Å². The van der Waals surface area contributed by atoms with Gasteiger partial charge in [-0.15, -0.1) is 0 Å². The molecule has 0 fully saturated rings. The van der Waals surface area contributed by atoms with Crippen molar-refractivity contribution < 1.29 is 24.1 Å². The minimum absolute atomic E-state index is 0.405. The first kappa shape index (κ1) is 13.9. The Morgan fingerprint density at radius 3 is 2.11 bits per heavy atom. The van der Waals surface area contributed by atoms with Crippen LogP contribution in [-0.4, -0.2) is 32.4 Å². The Labute approximate surface area is 106 Å². The van der Waals surface area contributed by atoms with Crippen LogP contribution < -0.4 is 14.2 Å². The standard InChI is InChI=1S/C13H16O5/c1-16-9-7-11(17-2)10(12(8-9)18-3)5-4-6-13(14)15/h4,6-8H,5H2,1-3H3,(H,14,15)/b6-4+. The molecule has 0 unspecified atom stereocenters. The van der Waals surface area contributed by atoms with Gasteiger partial charge in [0, 0.05) is 23.8 Å². The predicted molar refractivity (Wildman–Crippen MR) is 66.6 cm³/mol. The van der Waals surface area contributed by atoms with Crippen molar-refractivity contribution in [1.82, 2.24) is 0 Å². The SMILES string of the molecule is COc1cc(OC)c(C/C=C/C(=O)O)c(OC)c1. The zero-order valence-corrected chi connectivity index (χ0v) is 10.6. The molecule has 0 spiro atoms. The molecule has 0 aliphatic heterocycles. The molecule has 0 saturated carbocycles. The van der Waals surface area contributed by atoms with Crippen LogP contribution in [0.2, 0.25) is 0 Å². The number of hydrogen-bond donors (Lipinski definition) is 1. The van der Waals surface area contributed by atoms with E-state index in [2.05, 4.69) is 0 Å². The van der Waals surface area contributed by atoms with Gasteiger partial charge in [-0.3, -0.25) is 0 Å². The van der Waals surface area contributed by atoms with Gasteiger partial charge in [-0.1, -0.05) is 6.08 Å². The Morgan fingerprint density at radius 2 is 1.72 bits per heavy atom. The van der Waals surface area contributed by atoms with Gasteiger partial charge in [0.25, 0.3) is 0 Å². The molecule has 1 rings (SSSR count). The molecule has 1 N–H and O–H groups in total. The number of carbonyl (C=O) groups is 1. The summed E-state index contributed by atoms with van der Waals surface area (Å²) in [6.07, 6.45) is 3.03. The first-order valence-electron chi connectivity index (χ1n) is 5.30. The fourth-order valence-electron chi connectivity index (χ4n) is 1.56. The predicted octanol–water partition coefficient (Wildman–Crippen LogP) is 1.90. The number of carboxylic acid groups (broad SMARTS) is 1. The lowest BCUT2D eigenvalue weighted by atomic mass is 10.1. The van der Waals surface area contributed by atoms with Crippen molar-refractivity contribution >= 4 is 5.97 Å². The third kappa shape index (κ3) is 3.41. The van der Waals surface area contributed by atoms with Gasteiger partial charge in [0.05, 0.1) is 21.3 Å². The molecule has 98 valence electrons. The van der Waals surface area contributed by atoms with Crippen LogP contribution in [0.25, 0.3) is 0 Å². The number of rotatable bonds is 6. The molecule has 5 nitrogen and oxygen atoms in total. The van der Waals surface area contributed by atoms with Crippen LogP contribution >= 0.6 is 0 Å². The average molecular weight is 252 g/mol. The number of aliphatic carboxylic acids is 1. The Balaban J connectivity index is 3.10. The number of allylic oxidation sites excluding steroid dienone is 1. The molecular weight excluding hydrogens is 236 g/mol. The van der Waals surface area contributed by atoms with Gasteiger partial charge in [-0.05, 0) is 6.42 Å². The van der Waals surface area contributed by atoms with E-state index in [1.807, 2.05) is 0 Å². The fourth-order valence-corrected chi connectivity index (χ4v) is 1.56. The van der Waals surface area contributed by atoms with E-state index in [-0.39, 0.29) is 0 Å². The highest BCUT2D eigenvalue weighted by atomic mass is 16.5. The summed E-state index contributed by atoms with van der Waals surface area (Å²) in [7, 11) is 4.63. The fraction of sp³-hybridized carbons (Fsp3) is 0.308. The molecule has 1 aromatic carbocycles. The monoisotopic (exact) mass is 252 g/mol. The maximum absolute atomic E-state index is 10.4. The van der Waals surface area contributed by atoms with E-state index in [0.29, 0.717) is 23.7 Å². The van der Waals surface area contributed by atoms with Gasteiger partial charge in [0.1, 0.15) is 17.2 Å². The molecule has 0 aromatic heterocycles. The third-order valence-corrected chi connectivity index (χ3v) is 2.40. The van der Waals surface area contributed by atoms with Crippen LogP contribution in [0.3, 0.4) is 0 Å². The lowest BCUT2D eigenvalue weighted by molar-refractivity contribution is -0.131. The maximum Gasteiger partial charge on any atom is 0.327 e. The molecule has 0 amide bonds. The van der Waals surface area contributed by atoms with Gasteiger partial charge in [-0.25, -0.2) is 4.79 Å². The molecular formula is C13H16O5. The molecule has 0 heterocycles. The molecule has 0 bridgehead atoms. The van der Waals surface area contributed by atoms with E-state index >= 15 is 0 Å². The van der Waals surface area contributed by atoms with Crippen molar-refractivity contribution in [3.8, 4) is 17.2 Å². The van der Waals surface area contributed by atoms with Crippen LogP contribution in [0.5, 0.6) is 17.2 Å². The Hall–Kier alpha value is -2.17. The van der Waals surface area contributed by atoms with E-state index in [1.54, 1.807) is 33.5 Å². The molecule has 0 aliphatic rings. The number of ether oxygens (including phenoxy) is 3. The first-order chi connectivity index (χ1) is 8.62. The van der Waals surface area contributed by atoms with Crippen molar-refractivity contribution in [3.05, 3.63) is 29.8 Å². The zero-order valence-electron chi connectivity index (χ0n) is 10.6. The summed E-state index contributed by atoms with van der Waals surface area (Å²) in [4.78, 5) is 10.4. The molecule has 5 heteroatoms. The lowest BCUT2D eigenvalue weighted by Gasteiger charge is -2.13. The maximum atomic E-state index is 10.4. The molecule has 0 saturated heterocycles. The van der Waals surface area contributed by atoms with Crippen molar-refractivity contribution in [1.29, 1.82) is 0 Å². The smallest absolute Gasteiger partial charge is 0.327 e. The van der Waals surface area contributed by atoms with Crippen LogP contribution in [0.15, 0.2) is 24.3 Å². The summed E-state index contributed by atoms with van der Waals surface area (Å²) in [6, 6.07) is 3.46. The minimum atomic E-state index is -0.985. The molecule has 0 radical (unpaired) electrons. The Bertz CT molecular complexity index is 426. The lowest BCUT2D eigenvalue weighted by Crippen LogP contribution is -1.98. The molecule has 18 heavy (non-hydrogen) atoms. The van der Waals surface area contributed by atoms with Crippen LogP contribution in [0.1, 0.15) is 5.56 Å². The molecule has 1 aromatic rings. The topological polar surface area (TPSA) is 65.0 Å². The summed E-state index contributed by atoms with van der Waals surface area (Å²) in [6.45, 7) is 0.